The molecule has 0 bridgehead atoms. The van der Waals surface area contributed by atoms with Gasteiger partial charge >= 0.3 is 6.09 Å². The zero-order chi connectivity index (χ0) is 18.7. The highest BCUT2D eigenvalue weighted by atomic mass is 16.6. The minimum Gasteiger partial charge on any atom is -0.444 e. The highest BCUT2D eigenvalue weighted by molar-refractivity contribution is 5.91. The van der Waals surface area contributed by atoms with Crippen molar-refractivity contribution in [3.8, 4) is 0 Å². The Morgan fingerprint density at radius 1 is 1.00 bits per heavy atom. The number of alkyl carbamates (subject to hydrolysis) is 1. The zero-order valence-electron chi connectivity index (χ0n) is 14.8. The molecular formula is C18H25N3O4. The second-order valence-corrected chi connectivity index (χ2v) is 6.24. The third-order valence-corrected chi connectivity index (χ3v) is 2.77. The molecule has 0 aliphatic heterocycles. The lowest BCUT2D eigenvalue weighted by Gasteiger charge is -2.19. The summed E-state index contributed by atoms with van der Waals surface area (Å²) in [5, 5.41) is 7.59. The van der Waals surface area contributed by atoms with E-state index in [1.54, 1.807) is 26.8 Å². The number of amides is 3. The highest BCUT2D eigenvalue weighted by Gasteiger charge is 2.16. The minimum atomic E-state index is -0.651. The van der Waals surface area contributed by atoms with Crippen molar-refractivity contribution in [1.29, 1.82) is 0 Å². The molecule has 7 heteroatoms. The molecule has 7 nitrogen and oxygen atoms in total. The van der Waals surface area contributed by atoms with Gasteiger partial charge in [0.15, 0.2) is 0 Å². The number of benzene rings is 1. The molecule has 0 radical (unpaired) electrons. The van der Waals surface area contributed by atoms with E-state index in [2.05, 4.69) is 16.0 Å². The topological polar surface area (TPSA) is 96.5 Å². The van der Waals surface area contributed by atoms with E-state index >= 15 is 0 Å². The lowest BCUT2D eigenvalue weighted by atomic mass is 10.2. The van der Waals surface area contributed by atoms with Gasteiger partial charge in [0.1, 0.15) is 5.60 Å². The fourth-order valence-electron chi connectivity index (χ4n) is 1.71. The third kappa shape index (κ3) is 10.5. The van der Waals surface area contributed by atoms with Crippen molar-refractivity contribution in [2.45, 2.75) is 26.4 Å². The zero-order valence-corrected chi connectivity index (χ0v) is 14.8. The maximum atomic E-state index is 11.6. The summed E-state index contributed by atoms with van der Waals surface area (Å²) in [5.74, 6) is -0.607. The average Bonchev–Trinajstić information content (AvgIpc) is 2.54. The Balaban J connectivity index is 2.14. The van der Waals surface area contributed by atoms with Crippen LogP contribution in [0.1, 0.15) is 26.3 Å². The lowest BCUT2D eigenvalue weighted by molar-refractivity contribution is -0.120. The van der Waals surface area contributed by atoms with Gasteiger partial charge in [-0.05, 0) is 32.4 Å². The summed E-state index contributed by atoms with van der Waals surface area (Å²) < 4.78 is 5.01. The van der Waals surface area contributed by atoms with Crippen molar-refractivity contribution < 1.29 is 19.1 Å². The lowest BCUT2D eigenvalue weighted by Crippen LogP contribution is -2.41. The molecule has 3 N–H and O–H groups in total. The van der Waals surface area contributed by atoms with Crippen molar-refractivity contribution in [3.63, 3.8) is 0 Å². The Bertz CT molecular complexity index is 606. The summed E-state index contributed by atoms with van der Waals surface area (Å²) >= 11 is 0. The van der Waals surface area contributed by atoms with Crippen molar-refractivity contribution in [3.05, 3.63) is 42.0 Å². The molecule has 1 aromatic rings. The van der Waals surface area contributed by atoms with Crippen LogP contribution in [0.25, 0.3) is 6.08 Å². The van der Waals surface area contributed by atoms with Crippen molar-refractivity contribution >= 4 is 24.0 Å². The fourth-order valence-corrected chi connectivity index (χ4v) is 1.71. The van der Waals surface area contributed by atoms with Gasteiger partial charge in [0.05, 0.1) is 6.54 Å². The van der Waals surface area contributed by atoms with Gasteiger partial charge in [-0.1, -0.05) is 30.3 Å². The van der Waals surface area contributed by atoms with Gasteiger partial charge in [0.2, 0.25) is 11.8 Å². The first kappa shape index (κ1) is 20.2. The minimum absolute atomic E-state index is 0.184. The second-order valence-electron chi connectivity index (χ2n) is 6.24. The van der Waals surface area contributed by atoms with Gasteiger partial charge < -0.3 is 20.7 Å². The smallest absolute Gasteiger partial charge is 0.408 e. The molecule has 1 rings (SSSR count). The summed E-state index contributed by atoms with van der Waals surface area (Å²) in [4.78, 5) is 34.6. The SMILES string of the molecule is CC(C)(C)OC(=O)NCC(=O)NCCNC(=O)/C=C/c1ccccc1. The molecule has 0 fully saturated rings. The third-order valence-electron chi connectivity index (χ3n) is 2.77. The number of ether oxygens (including phenoxy) is 1. The second kappa shape index (κ2) is 10.1. The van der Waals surface area contributed by atoms with Gasteiger partial charge in [0.25, 0.3) is 0 Å². The summed E-state index contributed by atoms with van der Waals surface area (Å²) in [7, 11) is 0. The van der Waals surface area contributed by atoms with E-state index in [-0.39, 0.29) is 31.4 Å². The van der Waals surface area contributed by atoms with Crippen LogP contribution >= 0.6 is 0 Å². The van der Waals surface area contributed by atoms with Crippen LogP contribution in [0.2, 0.25) is 0 Å². The molecule has 0 aliphatic rings. The first-order valence-corrected chi connectivity index (χ1v) is 8.01. The number of hydrogen-bond donors (Lipinski definition) is 3. The van der Waals surface area contributed by atoms with Gasteiger partial charge in [-0.2, -0.15) is 0 Å². The van der Waals surface area contributed by atoms with Crippen LogP contribution in [0.3, 0.4) is 0 Å². The van der Waals surface area contributed by atoms with Crippen LogP contribution in [0, 0.1) is 0 Å². The normalized spacial score (nSPS) is 11.0. The summed E-state index contributed by atoms with van der Waals surface area (Å²) in [6.07, 6.45) is 2.49. The monoisotopic (exact) mass is 347 g/mol. The maximum absolute atomic E-state index is 11.6. The first-order valence-electron chi connectivity index (χ1n) is 8.01. The van der Waals surface area contributed by atoms with E-state index in [1.807, 2.05) is 30.3 Å². The average molecular weight is 347 g/mol. The van der Waals surface area contributed by atoms with Crippen molar-refractivity contribution in [2.75, 3.05) is 19.6 Å². The van der Waals surface area contributed by atoms with Crippen molar-refractivity contribution in [1.82, 2.24) is 16.0 Å². The molecule has 0 unspecified atom stereocenters. The van der Waals surface area contributed by atoms with Crippen LogP contribution < -0.4 is 16.0 Å². The van der Waals surface area contributed by atoms with Crippen LogP contribution in [0.15, 0.2) is 36.4 Å². The Morgan fingerprint density at radius 2 is 1.64 bits per heavy atom. The molecule has 0 saturated carbocycles. The molecule has 0 heterocycles. The van der Waals surface area contributed by atoms with E-state index < -0.39 is 11.7 Å². The van der Waals surface area contributed by atoms with Crippen molar-refractivity contribution in [2.24, 2.45) is 0 Å². The molecule has 0 saturated heterocycles. The number of rotatable bonds is 7. The number of nitrogens with one attached hydrogen (secondary N) is 3. The van der Waals surface area contributed by atoms with Gasteiger partial charge in [-0.25, -0.2) is 4.79 Å². The van der Waals surface area contributed by atoms with Gasteiger partial charge in [-0.3, -0.25) is 9.59 Å². The Hall–Kier alpha value is -2.83. The number of carbonyl (C=O) groups excluding carboxylic acids is 3. The van der Waals surface area contributed by atoms with Crippen LogP contribution in [-0.2, 0) is 14.3 Å². The summed E-state index contributed by atoms with van der Waals surface area (Å²) in [6.45, 7) is 5.58. The standard InChI is InChI=1S/C18H25N3O4/c1-18(2,3)25-17(24)21-13-16(23)20-12-11-19-15(22)10-9-14-7-5-4-6-8-14/h4-10H,11-13H2,1-3H3,(H,19,22)(H,20,23)(H,21,24)/b10-9+. The Labute approximate surface area is 147 Å². The molecular weight excluding hydrogens is 322 g/mol. The molecule has 0 spiro atoms. The molecule has 136 valence electrons. The molecule has 0 aromatic heterocycles. The molecule has 0 aliphatic carbocycles. The van der Waals surface area contributed by atoms with Gasteiger partial charge in [0, 0.05) is 19.2 Å². The molecule has 25 heavy (non-hydrogen) atoms. The quantitative estimate of drug-likeness (QED) is 0.514. The summed E-state index contributed by atoms with van der Waals surface area (Å²) in [6, 6.07) is 9.46. The van der Waals surface area contributed by atoms with E-state index in [1.165, 1.54) is 6.08 Å². The van der Waals surface area contributed by atoms with Crippen LogP contribution in [-0.4, -0.2) is 43.1 Å². The van der Waals surface area contributed by atoms with Crippen LogP contribution in [0.4, 0.5) is 4.79 Å². The number of carbonyl (C=O) groups is 3. The van der Waals surface area contributed by atoms with Gasteiger partial charge in [-0.15, -0.1) is 0 Å². The molecule has 0 atom stereocenters. The van der Waals surface area contributed by atoms with E-state index in [0.29, 0.717) is 0 Å². The fraction of sp³-hybridized carbons (Fsp3) is 0.389. The molecule has 3 amide bonds. The predicted molar refractivity (Wildman–Crippen MR) is 95.7 cm³/mol. The van der Waals surface area contributed by atoms with Crippen LogP contribution in [0.5, 0.6) is 0 Å². The predicted octanol–water partition coefficient (Wildman–Crippen LogP) is 1.46. The van der Waals surface area contributed by atoms with E-state index in [0.717, 1.165) is 5.56 Å². The maximum Gasteiger partial charge on any atom is 0.408 e. The Kier molecular flexibility index (Phi) is 8.18. The Morgan fingerprint density at radius 3 is 2.28 bits per heavy atom. The number of hydrogen-bond acceptors (Lipinski definition) is 4. The highest BCUT2D eigenvalue weighted by Crippen LogP contribution is 2.06. The molecule has 1 aromatic carbocycles. The first-order chi connectivity index (χ1) is 11.8. The largest absolute Gasteiger partial charge is 0.444 e. The summed E-state index contributed by atoms with van der Waals surface area (Å²) in [5.41, 5.74) is 0.317. The van der Waals surface area contributed by atoms with E-state index in [9.17, 15) is 14.4 Å². The van der Waals surface area contributed by atoms with E-state index in [4.69, 9.17) is 4.74 Å².